The average Bonchev–Trinajstić information content (AvgIpc) is 2.41. The molecule has 0 amide bonds. The van der Waals surface area contributed by atoms with Crippen molar-refractivity contribution >= 4 is 5.78 Å². The predicted molar refractivity (Wildman–Crippen MR) is 86.8 cm³/mol. The van der Waals surface area contributed by atoms with Crippen molar-refractivity contribution < 1.29 is 9.90 Å². The van der Waals surface area contributed by atoms with E-state index in [0.29, 0.717) is 6.42 Å². The molecule has 0 aromatic rings. The van der Waals surface area contributed by atoms with E-state index in [1.165, 1.54) is 19.3 Å². The molecule has 0 heterocycles. The van der Waals surface area contributed by atoms with Crippen LogP contribution in [0.4, 0.5) is 0 Å². The first-order chi connectivity index (χ1) is 9.66. The molecule has 2 nitrogen and oxygen atoms in total. The first kappa shape index (κ1) is 19.1. The van der Waals surface area contributed by atoms with Gasteiger partial charge in [-0.25, -0.2) is 0 Å². The van der Waals surface area contributed by atoms with Crippen LogP contribution in [0.1, 0.15) is 78.1 Å². The van der Waals surface area contributed by atoms with Crippen LogP contribution in [-0.4, -0.2) is 17.0 Å². The maximum absolute atomic E-state index is 10.7. The molecule has 0 rings (SSSR count). The van der Waals surface area contributed by atoms with Crippen molar-refractivity contribution in [2.24, 2.45) is 0 Å². The molecule has 0 aliphatic carbocycles. The Bertz CT molecular complexity index is 279. The third kappa shape index (κ3) is 15.2. The molecule has 0 aliphatic heterocycles. The van der Waals surface area contributed by atoms with Crippen molar-refractivity contribution in [1.29, 1.82) is 0 Å². The molecule has 1 unspecified atom stereocenters. The number of aliphatic hydroxyl groups is 1. The summed E-state index contributed by atoms with van der Waals surface area (Å²) in [7, 11) is 0. The smallest absolute Gasteiger partial charge is 0.129 e. The van der Waals surface area contributed by atoms with Crippen molar-refractivity contribution in [1.82, 2.24) is 0 Å². The molecule has 0 saturated heterocycles. The summed E-state index contributed by atoms with van der Waals surface area (Å²) in [6, 6.07) is 0. The third-order valence-corrected chi connectivity index (χ3v) is 3.33. The summed E-state index contributed by atoms with van der Waals surface area (Å²) in [6.45, 7) is 3.85. The Labute approximate surface area is 125 Å². The van der Waals surface area contributed by atoms with Gasteiger partial charge in [-0.1, -0.05) is 63.3 Å². The molecular weight excluding hydrogens is 248 g/mol. The fourth-order valence-electron chi connectivity index (χ4n) is 2.06. The Morgan fingerprint density at radius 3 is 2.50 bits per heavy atom. The van der Waals surface area contributed by atoms with E-state index in [1.807, 2.05) is 18.2 Å². The summed E-state index contributed by atoms with van der Waals surface area (Å²) in [6.07, 6.45) is 18.4. The van der Waals surface area contributed by atoms with Crippen LogP contribution in [0.25, 0.3) is 0 Å². The van der Waals surface area contributed by atoms with E-state index >= 15 is 0 Å². The monoisotopic (exact) mass is 280 g/mol. The summed E-state index contributed by atoms with van der Waals surface area (Å²) in [4.78, 5) is 10.7. The highest BCUT2D eigenvalue weighted by atomic mass is 16.3. The standard InChI is InChI=1S/C18H32O2/c1-3-4-5-12-15-18(20)16-13-10-8-6-7-9-11-14-17(2)19/h8,10,13,16,18,20H,3-7,9,11-12,14-15H2,1-2H3. The quantitative estimate of drug-likeness (QED) is 0.382. The van der Waals surface area contributed by atoms with Gasteiger partial charge in [0, 0.05) is 6.42 Å². The summed E-state index contributed by atoms with van der Waals surface area (Å²) >= 11 is 0. The van der Waals surface area contributed by atoms with Gasteiger partial charge in [-0.3, -0.25) is 0 Å². The van der Waals surface area contributed by atoms with E-state index < -0.39 is 0 Å². The summed E-state index contributed by atoms with van der Waals surface area (Å²) in [5, 5.41) is 9.72. The highest BCUT2D eigenvalue weighted by molar-refractivity contribution is 5.75. The average molecular weight is 280 g/mol. The Hall–Kier alpha value is -0.890. The van der Waals surface area contributed by atoms with Gasteiger partial charge in [0.25, 0.3) is 0 Å². The Balaban J connectivity index is 3.43. The number of rotatable bonds is 13. The van der Waals surface area contributed by atoms with Crippen molar-refractivity contribution in [3.05, 3.63) is 24.3 Å². The predicted octanol–water partition coefficient (Wildman–Crippen LogP) is 4.97. The minimum absolute atomic E-state index is 0.288. The molecule has 0 bridgehead atoms. The van der Waals surface area contributed by atoms with E-state index in [2.05, 4.69) is 13.0 Å². The third-order valence-electron chi connectivity index (χ3n) is 3.33. The van der Waals surface area contributed by atoms with Gasteiger partial charge in [0.15, 0.2) is 0 Å². The van der Waals surface area contributed by atoms with Gasteiger partial charge in [0.1, 0.15) is 5.78 Å². The minimum Gasteiger partial charge on any atom is -0.389 e. The van der Waals surface area contributed by atoms with Gasteiger partial charge in [0.05, 0.1) is 6.10 Å². The fourth-order valence-corrected chi connectivity index (χ4v) is 2.06. The molecule has 0 spiro atoms. The SMILES string of the molecule is CCCCCCC(O)C=CC=CCCCCCC(C)=O. The Morgan fingerprint density at radius 1 is 1.05 bits per heavy atom. The number of Topliss-reactive ketones (excluding diaryl/α,β-unsaturated/α-hetero) is 1. The second-order valence-electron chi connectivity index (χ2n) is 5.53. The molecule has 1 N–H and O–H groups in total. The molecule has 20 heavy (non-hydrogen) atoms. The summed E-state index contributed by atoms with van der Waals surface area (Å²) in [5.74, 6) is 0.288. The number of allylic oxidation sites excluding steroid dienone is 3. The number of hydrogen-bond donors (Lipinski definition) is 1. The lowest BCUT2D eigenvalue weighted by Gasteiger charge is -2.03. The number of aliphatic hydroxyl groups excluding tert-OH is 1. The molecule has 1 atom stereocenters. The molecular formula is C18H32O2. The highest BCUT2D eigenvalue weighted by Crippen LogP contribution is 2.07. The minimum atomic E-state index is -0.299. The van der Waals surface area contributed by atoms with Crippen LogP contribution in [0.3, 0.4) is 0 Å². The zero-order valence-electron chi connectivity index (χ0n) is 13.3. The van der Waals surface area contributed by atoms with Gasteiger partial charge in [-0.05, 0) is 32.6 Å². The lowest BCUT2D eigenvalue weighted by atomic mass is 10.1. The second-order valence-corrected chi connectivity index (χ2v) is 5.53. The van der Waals surface area contributed by atoms with Crippen LogP contribution in [0, 0.1) is 0 Å². The maximum atomic E-state index is 10.7. The number of carbonyl (C=O) groups excluding carboxylic acids is 1. The zero-order chi connectivity index (χ0) is 15.1. The lowest BCUT2D eigenvalue weighted by molar-refractivity contribution is -0.117. The largest absolute Gasteiger partial charge is 0.389 e. The molecule has 0 radical (unpaired) electrons. The van der Waals surface area contributed by atoms with Crippen molar-refractivity contribution in [3.8, 4) is 0 Å². The normalized spacial score (nSPS) is 13.3. The molecule has 0 aromatic carbocycles. The van der Waals surface area contributed by atoms with Crippen molar-refractivity contribution in [2.45, 2.75) is 84.2 Å². The molecule has 0 aromatic heterocycles. The molecule has 2 heteroatoms. The van der Waals surface area contributed by atoms with Crippen LogP contribution < -0.4 is 0 Å². The highest BCUT2D eigenvalue weighted by Gasteiger charge is 1.97. The van der Waals surface area contributed by atoms with E-state index in [9.17, 15) is 9.90 Å². The molecule has 0 saturated carbocycles. The van der Waals surface area contributed by atoms with Gasteiger partial charge in [-0.2, -0.15) is 0 Å². The topological polar surface area (TPSA) is 37.3 Å². The number of unbranched alkanes of at least 4 members (excludes halogenated alkanes) is 6. The first-order valence-electron chi connectivity index (χ1n) is 8.17. The lowest BCUT2D eigenvalue weighted by Crippen LogP contribution is -2.00. The zero-order valence-corrected chi connectivity index (χ0v) is 13.3. The van der Waals surface area contributed by atoms with Gasteiger partial charge < -0.3 is 9.90 Å². The van der Waals surface area contributed by atoms with Crippen LogP contribution in [0.2, 0.25) is 0 Å². The van der Waals surface area contributed by atoms with Crippen molar-refractivity contribution in [3.63, 3.8) is 0 Å². The summed E-state index contributed by atoms with van der Waals surface area (Å²) in [5.41, 5.74) is 0. The Kier molecular flexibility index (Phi) is 13.9. The second kappa shape index (κ2) is 14.5. The van der Waals surface area contributed by atoms with E-state index in [0.717, 1.165) is 38.5 Å². The van der Waals surface area contributed by atoms with Crippen molar-refractivity contribution in [2.75, 3.05) is 0 Å². The fraction of sp³-hybridized carbons (Fsp3) is 0.722. The van der Waals surface area contributed by atoms with Gasteiger partial charge in [-0.15, -0.1) is 0 Å². The van der Waals surface area contributed by atoms with Crippen LogP contribution >= 0.6 is 0 Å². The van der Waals surface area contributed by atoms with E-state index in [4.69, 9.17) is 0 Å². The van der Waals surface area contributed by atoms with Gasteiger partial charge in [0.2, 0.25) is 0 Å². The maximum Gasteiger partial charge on any atom is 0.129 e. The number of carbonyl (C=O) groups is 1. The number of ketones is 1. The summed E-state index contributed by atoms with van der Waals surface area (Å²) < 4.78 is 0. The van der Waals surface area contributed by atoms with Crippen LogP contribution in [-0.2, 0) is 4.79 Å². The molecule has 116 valence electrons. The molecule has 0 fully saturated rings. The van der Waals surface area contributed by atoms with E-state index in [-0.39, 0.29) is 11.9 Å². The van der Waals surface area contributed by atoms with Gasteiger partial charge >= 0.3 is 0 Å². The van der Waals surface area contributed by atoms with Crippen LogP contribution in [0.15, 0.2) is 24.3 Å². The molecule has 0 aliphatic rings. The first-order valence-corrected chi connectivity index (χ1v) is 8.17. The van der Waals surface area contributed by atoms with E-state index in [1.54, 1.807) is 6.92 Å². The Morgan fingerprint density at radius 2 is 1.80 bits per heavy atom. The number of hydrogen-bond acceptors (Lipinski definition) is 2. The van der Waals surface area contributed by atoms with Crippen LogP contribution in [0.5, 0.6) is 0 Å².